The summed E-state index contributed by atoms with van der Waals surface area (Å²) in [5.41, 5.74) is 4.51. The van der Waals surface area contributed by atoms with Gasteiger partial charge in [-0.05, 0) is 60.4 Å². The third-order valence-electron chi connectivity index (χ3n) is 6.08. The average Bonchev–Trinajstić information content (AvgIpc) is 3.45. The van der Waals surface area contributed by atoms with E-state index in [4.69, 9.17) is 0 Å². The molecule has 1 amide bonds. The number of sulfone groups is 1. The van der Waals surface area contributed by atoms with Crippen molar-refractivity contribution in [2.45, 2.75) is 25.8 Å². The van der Waals surface area contributed by atoms with Crippen molar-refractivity contribution in [2.24, 2.45) is 0 Å². The van der Waals surface area contributed by atoms with E-state index in [1.165, 1.54) is 19.1 Å². The molecule has 12 nitrogen and oxygen atoms in total. The van der Waals surface area contributed by atoms with Crippen LogP contribution < -0.4 is 14.9 Å². The number of amides is 1. The van der Waals surface area contributed by atoms with Gasteiger partial charge in [0.2, 0.25) is 11.9 Å². The van der Waals surface area contributed by atoms with Gasteiger partial charge in [-0.3, -0.25) is 13.3 Å². The quantitative estimate of drug-likeness (QED) is 0.312. The van der Waals surface area contributed by atoms with Crippen LogP contribution in [0.25, 0.3) is 11.0 Å². The van der Waals surface area contributed by atoms with E-state index in [-0.39, 0.29) is 17.6 Å². The van der Waals surface area contributed by atoms with Crippen LogP contribution in [0.2, 0.25) is 0 Å². The summed E-state index contributed by atoms with van der Waals surface area (Å²) in [6.07, 6.45) is 6.05. The van der Waals surface area contributed by atoms with Gasteiger partial charge in [0.25, 0.3) is 0 Å². The summed E-state index contributed by atoms with van der Waals surface area (Å²) in [6, 6.07) is 12.1. The summed E-state index contributed by atoms with van der Waals surface area (Å²) in [7, 11) is -3.56. The first kappa shape index (κ1) is 25.8. The molecule has 0 fully saturated rings. The molecular weight excluding hydrogens is 530 g/mol. The SMILES string of the molecule is CC(=O)Nc1ccc2c(c1)CCC2n1ncc2cnc(Nc3ccc(N(CS(C)(=O)=O)S(=O)[O-])cc3)nc21. The Morgan fingerprint density at radius 3 is 2.61 bits per heavy atom. The second-order valence-electron chi connectivity index (χ2n) is 9.03. The first-order chi connectivity index (χ1) is 18.1. The number of aromatic nitrogens is 4. The largest absolute Gasteiger partial charge is 0.755 e. The highest BCUT2D eigenvalue weighted by atomic mass is 32.2. The number of rotatable bonds is 8. The van der Waals surface area contributed by atoms with E-state index in [2.05, 4.69) is 25.7 Å². The molecule has 2 N–H and O–H groups in total. The van der Waals surface area contributed by atoms with E-state index >= 15 is 0 Å². The molecule has 2 unspecified atom stereocenters. The summed E-state index contributed by atoms with van der Waals surface area (Å²) in [4.78, 5) is 20.4. The maximum atomic E-state index is 11.6. The van der Waals surface area contributed by atoms with Crippen molar-refractivity contribution in [3.63, 3.8) is 0 Å². The maximum Gasteiger partial charge on any atom is 0.229 e. The number of hydrogen-bond donors (Lipinski definition) is 2. The van der Waals surface area contributed by atoms with E-state index in [0.29, 0.717) is 17.3 Å². The van der Waals surface area contributed by atoms with Crippen LogP contribution in [0.5, 0.6) is 0 Å². The van der Waals surface area contributed by atoms with Crippen LogP contribution in [0.3, 0.4) is 0 Å². The molecule has 0 spiro atoms. The van der Waals surface area contributed by atoms with E-state index in [1.807, 2.05) is 22.9 Å². The minimum atomic E-state index is -3.56. The topological polar surface area (TPSA) is 162 Å². The van der Waals surface area contributed by atoms with Gasteiger partial charge in [0.05, 0.1) is 17.6 Å². The van der Waals surface area contributed by atoms with Gasteiger partial charge in [-0.15, -0.1) is 0 Å². The molecule has 2 atom stereocenters. The zero-order valence-electron chi connectivity index (χ0n) is 20.5. The molecule has 2 aromatic heterocycles. The fourth-order valence-corrected chi connectivity index (χ4v) is 6.30. The molecule has 0 saturated carbocycles. The highest BCUT2D eigenvalue weighted by Crippen LogP contribution is 2.37. The van der Waals surface area contributed by atoms with Gasteiger partial charge >= 0.3 is 0 Å². The van der Waals surface area contributed by atoms with Crippen LogP contribution in [0, 0.1) is 0 Å². The predicted molar refractivity (Wildman–Crippen MR) is 143 cm³/mol. The number of benzene rings is 2. The molecule has 198 valence electrons. The van der Waals surface area contributed by atoms with Gasteiger partial charge in [-0.25, -0.2) is 18.1 Å². The average molecular weight is 555 g/mol. The number of carbonyl (C=O) groups is 1. The van der Waals surface area contributed by atoms with Crippen LogP contribution in [0.1, 0.15) is 30.5 Å². The lowest BCUT2D eigenvalue weighted by Gasteiger charge is -2.25. The third kappa shape index (κ3) is 5.51. The Balaban J connectivity index is 1.38. The highest BCUT2D eigenvalue weighted by Gasteiger charge is 2.27. The Bertz CT molecular complexity index is 1650. The molecule has 14 heteroatoms. The smallest absolute Gasteiger partial charge is 0.229 e. The number of fused-ring (bicyclic) bond motifs is 2. The molecule has 2 heterocycles. The zero-order chi connectivity index (χ0) is 27.0. The number of hydrogen-bond acceptors (Lipinski definition) is 9. The molecule has 0 radical (unpaired) electrons. The maximum absolute atomic E-state index is 11.6. The van der Waals surface area contributed by atoms with Crippen molar-refractivity contribution < 1.29 is 22.0 Å². The van der Waals surface area contributed by atoms with Crippen LogP contribution in [-0.2, 0) is 32.3 Å². The molecule has 2 aromatic carbocycles. The van der Waals surface area contributed by atoms with E-state index in [0.717, 1.165) is 45.6 Å². The van der Waals surface area contributed by atoms with Gasteiger partial charge in [-0.2, -0.15) is 10.1 Å². The zero-order valence-corrected chi connectivity index (χ0v) is 22.1. The van der Waals surface area contributed by atoms with Crippen molar-refractivity contribution in [1.82, 2.24) is 19.7 Å². The summed E-state index contributed by atoms with van der Waals surface area (Å²) >= 11 is -2.75. The number of anilines is 4. The molecular formula is C24H24N7O5S2-. The van der Waals surface area contributed by atoms with Gasteiger partial charge in [0.15, 0.2) is 15.5 Å². The van der Waals surface area contributed by atoms with Gasteiger partial charge in [-0.1, -0.05) is 6.07 Å². The first-order valence-electron chi connectivity index (χ1n) is 11.6. The Kier molecular flexibility index (Phi) is 6.86. The van der Waals surface area contributed by atoms with Gasteiger partial charge in [0.1, 0.15) is 5.88 Å². The Morgan fingerprint density at radius 2 is 1.92 bits per heavy atom. The fourth-order valence-electron chi connectivity index (χ4n) is 4.51. The third-order valence-corrected chi connectivity index (χ3v) is 7.67. The van der Waals surface area contributed by atoms with Gasteiger partial charge in [0, 0.05) is 47.7 Å². The Labute approximate surface area is 221 Å². The lowest BCUT2D eigenvalue weighted by atomic mass is 10.1. The van der Waals surface area contributed by atoms with Crippen molar-refractivity contribution in [3.05, 3.63) is 66.0 Å². The molecule has 0 bridgehead atoms. The highest BCUT2D eigenvalue weighted by molar-refractivity contribution is 7.92. The summed E-state index contributed by atoms with van der Waals surface area (Å²) in [6.45, 7) is 1.48. The van der Waals surface area contributed by atoms with Crippen molar-refractivity contribution in [1.29, 1.82) is 0 Å². The lowest BCUT2D eigenvalue weighted by molar-refractivity contribution is -0.114. The molecule has 4 aromatic rings. The normalized spacial score (nSPS) is 15.7. The molecule has 1 aliphatic rings. The monoisotopic (exact) mass is 554 g/mol. The van der Waals surface area contributed by atoms with E-state index in [9.17, 15) is 22.0 Å². The number of aryl methyl sites for hydroxylation is 1. The Hall–Kier alpha value is -3.88. The van der Waals surface area contributed by atoms with Crippen LogP contribution in [-0.4, -0.2) is 55.0 Å². The van der Waals surface area contributed by atoms with E-state index in [1.54, 1.807) is 24.5 Å². The van der Waals surface area contributed by atoms with Crippen molar-refractivity contribution in [3.8, 4) is 0 Å². The minimum absolute atomic E-state index is 0.00954. The molecule has 38 heavy (non-hydrogen) atoms. The van der Waals surface area contributed by atoms with Crippen LogP contribution in [0.4, 0.5) is 23.0 Å². The molecule has 0 saturated heterocycles. The molecule has 5 rings (SSSR count). The lowest BCUT2D eigenvalue weighted by Crippen LogP contribution is -2.30. The van der Waals surface area contributed by atoms with Crippen molar-refractivity contribution >= 4 is 61.1 Å². The summed E-state index contributed by atoms with van der Waals surface area (Å²) in [5.74, 6) is -0.444. The second-order valence-corrected chi connectivity index (χ2v) is 12.0. The Morgan fingerprint density at radius 1 is 1.18 bits per heavy atom. The number of nitrogens with one attached hydrogen (secondary N) is 2. The summed E-state index contributed by atoms with van der Waals surface area (Å²) in [5, 5.41) is 11.3. The van der Waals surface area contributed by atoms with Crippen LogP contribution >= 0.6 is 0 Å². The number of nitrogens with zero attached hydrogens (tertiary/aromatic N) is 5. The minimum Gasteiger partial charge on any atom is -0.755 e. The number of carbonyl (C=O) groups excluding carboxylic acids is 1. The fraction of sp³-hybridized carbons (Fsp3) is 0.250. The second kappa shape index (κ2) is 10.1. The van der Waals surface area contributed by atoms with Gasteiger partial charge < -0.3 is 15.2 Å². The predicted octanol–water partition coefficient (Wildman–Crippen LogP) is 2.67. The molecule has 0 aliphatic heterocycles. The standard InChI is InChI=1S/C24H25N7O5S2/c1-15(32)27-19-6-9-21-16(11-19)3-10-22(21)31-23-17(13-26-31)12-25-24(29-23)28-18-4-7-20(8-5-18)30(37(33)34)14-38(2,35)36/h4-9,11-13,22H,3,10,14H2,1-2H3,(H,27,32)(H,33,34)(H,25,28,29)/p-1. The molecule has 1 aliphatic carbocycles. The first-order valence-corrected chi connectivity index (χ1v) is 14.7. The summed E-state index contributed by atoms with van der Waals surface area (Å²) < 4.78 is 48.9. The van der Waals surface area contributed by atoms with E-state index < -0.39 is 27.0 Å². The van der Waals surface area contributed by atoms with Crippen molar-refractivity contribution in [2.75, 3.05) is 27.1 Å². The van der Waals surface area contributed by atoms with Crippen LogP contribution in [0.15, 0.2) is 54.9 Å².